The zero-order valence-corrected chi connectivity index (χ0v) is 13.3. The molecule has 120 valence electrons. The predicted octanol–water partition coefficient (Wildman–Crippen LogP) is 2.03. The van der Waals surface area contributed by atoms with Crippen molar-refractivity contribution in [2.24, 2.45) is 0 Å². The van der Waals surface area contributed by atoms with Crippen LogP contribution in [-0.4, -0.2) is 34.2 Å². The van der Waals surface area contributed by atoms with Gasteiger partial charge >= 0.3 is 0 Å². The first-order valence-electron chi connectivity index (χ1n) is 7.21. The molecule has 3 amide bonds. The summed E-state index contributed by atoms with van der Waals surface area (Å²) in [6.07, 6.45) is 1.89. The van der Waals surface area contributed by atoms with Gasteiger partial charge < -0.3 is 5.32 Å². The third kappa shape index (κ3) is 3.02. The Balaban J connectivity index is 1.52. The van der Waals surface area contributed by atoms with Gasteiger partial charge in [0.05, 0.1) is 17.3 Å². The van der Waals surface area contributed by atoms with Gasteiger partial charge in [-0.1, -0.05) is 23.5 Å². The molecule has 8 heteroatoms. The minimum absolute atomic E-state index is 0.148. The molecular formula is C16H12N4O3S. The van der Waals surface area contributed by atoms with Crippen molar-refractivity contribution >= 4 is 34.2 Å². The lowest BCUT2D eigenvalue weighted by Gasteiger charge is -2.13. The van der Waals surface area contributed by atoms with Crippen molar-refractivity contribution in [2.75, 3.05) is 11.9 Å². The normalized spacial score (nSPS) is 12.9. The fraction of sp³-hybridized carbons (Fsp3) is 0.188. The molecule has 0 atom stereocenters. The van der Waals surface area contributed by atoms with E-state index in [0.717, 1.165) is 16.2 Å². The summed E-state index contributed by atoms with van der Waals surface area (Å²) in [5, 5.41) is 11.7. The van der Waals surface area contributed by atoms with E-state index in [1.54, 1.807) is 24.3 Å². The Labute approximate surface area is 141 Å². The molecule has 1 aliphatic rings. The van der Waals surface area contributed by atoms with Crippen LogP contribution in [0.3, 0.4) is 0 Å². The third-order valence-corrected chi connectivity index (χ3v) is 4.34. The predicted molar refractivity (Wildman–Crippen MR) is 86.5 cm³/mol. The maximum absolute atomic E-state index is 12.2. The number of aromatic nitrogens is 1. The molecule has 0 aliphatic carbocycles. The molecule has 3 rings (SSSR count). The summed E-state index contributed by atoms with van der Waals surface area (Å²) in [6.45, 7) is 0.182. The largest absolute Gasteiger partial charge is 0.302 e. The van der Waals surface area contributed by atoms with Crippen LogP contribution in [0.25, 0.3) is 0 Å². The lowest BCUT2D eigenvalue weighted by molar-refractivity contribution is -0.116. The molecule has 7 nitrogen and oxygen atoms in total. The molecule has 0 unspecified atom stereocenters. The SMILES string of the molecule is N#Cc1cnc(NC(=O)CCCN2C(=O)c3ccccc3C2=O)s1. The van der Waals surface area contributed by atoms with Crippen molar-refractivity contribution in [3.8, 4) is 6.07 Å². The molecule has 24 heavy (non-hydrogen) atoms. The van der Waals surface area contributed by atoms with Crippen LogP contribution in [-0.2, 0) is 4.79 Å². The Hall–Kier alpha value is -3.05. The number of nitriles is 1. The number of benzene rings is 1. The maximum atomic E-state index is 12.2. The van der Waals surface area contributed by atoms with Crippen LogP contribution >= 0.6 is 11.3 Å². The van der Waals surface area contributed by atoms with Crippen molar-refractivity contribution < 1.29 is 14.4 Å². The Kier molecular flexibility index (Phi) is 4.35. The summed E-state index contributed by atoms with van der Waals surface area (Å²) in [5.41, 5.74) is 0.803. The van der Waals surface area contributed by atoms with Gasteiger partial charge in [-0.15, -0.1) is 0 Å². The molecule has 1 N–H and O–H groups in total. The minimum Gasteiger partial charge on any atom is -0.302 e. The van der Waals surface area contributed by atoms with Gasteiger partial charge in [0.2, 0.25) is 5.91 Å². The van der Waals surface area contributed by atoms with Crippen LogP contribution in [0, 0.1) is 11.3 Å². The molecule has 1 aromatic carbocycles. The van der Waals surface area contributed by atoms with Crippen LogP contribution < -0.4 is 5.32 Å². The van der Waals surface area contributed by atoms with Gasteiger partial charge in [0.1, 0.15) is 10.9 Å². The first kappa shape index (κ1) is 15.8. The standard InChI is InChI=1S/C16H12N4O3S/c17-8-10-9-18-16(24-10)19-13(21)6-3-7-20-14(22)11-4-1-2-5-12(11)15(20)23/h1-2,4-5,9H,3,6-7H2,(H,18,19,21). The molecule has 0 spiro atoms. The van der Waals surface area contributed by atoms with Crippen molar-refractivity contribution in [1.82, 2.24) is 9.88 Å². The van der Waals surface area contributed by atoms with Crippen molar-refractivity contribution in [2.45, 2.75) is 12.8 Å². The number of carbonyl (C=O) groups excluding carboxylic acids is 3. The zero-order chi connectivity index (χ0) is 17.1. The number of nitrogens with one attached hydrogen (secondary N) is 1. The molecule has 1 aromatic heterocycles. The van der Waals surface area contributed by atoms with E-state index in [9.17, 15) is 14.4 Å². The van der Waals surface area contributed by atoms with Gasteiger partial charge in [0, 0.05) is 13.0 Å². The Morgan fingerprint density at radius 2 is 1.92 bits per heavy atom. The highest BCUT2D eigenvalue weighted by Gasteiger charge is 2.34. The summed E-state index contributed by atoms with van der Waals surface area (Å²) in [4.78, 5) is 41.7. The maximum Gasteiger partial charge on any atom is 0.261 e. The fourth-order valence-corrected chi connectivity index (χ4v) is 3.03. The number of imide groups is 1. The number of nitrogens with zero attached hydrogens (tertiary/aromatic N) is 3. The number of rotatable bonds is 5. The van der Waals surface area contributed by atoms with E-state index in [4.69, 9.17) is 5.26 Å². The molecule has 2 heterocycles. The van der Waals surface area contributed by atoms with Gasteiger partial charge in [-0.3, -0.25) is 19.3 Å². The van der Waals surface area contributed by atoms with E-state index in [2.05, 4.69) is 10.3 Å². The van der Waals surface area contributed by atoms with Crippen molar-refractivity contribution in [1.29, 1.82) is 5.26 Å². The second-order valence-electron chi connectivity index (χ2n) is 5.10. The topological polar surface area (TPSA) is 103 Å². The quantitative estimate of drug-likeness (QED) is 0.839. The average molecular weight is 340 g/mol. The zero-order valence-electron chi connectivity index (χ0n) is 12.5. The van der Waals surface area contributed by atoms with Gasteiger partial charge in [-0.05, 0) is 18.6 Å². The number of hydrogen-bond donors (Lipinski definition) is 1. The lowest BCUT2D eigenvalue weighted by Crippen LogP contribution is -2.31. The fourth-order valence-electron chi connectivity index (χ4n) is 2.41. The van der Waals surface area contributed by atoms with Crippen molar-refractivity contribution in [3.63, 3.8) is 0 Å². The van der Waals surface area contributed by atoms with Crippen LogP contribution in [0.2, 0.25) is 0 Å². The number of anilines is 1. The molecule has 1 aliphatic heterocycles. The Bertz CT molecular complexity index is 833. The smallest absolute Gasteiger partial charge is 0.261 e. The van der Waals surface area contributed by atoms with E-state index in [-0.39, 0.29) is 30.7 Å². The first-order chi connectivity index (χ1) is 11.6. The lowest BCUT2D eigenvalue weighted by atomic mass is 10.1. The number of amides is 3. The van der Waals surface area contributed by atoms with Gasteiger partial charge in [0.15, 0.2) is 5.13 Å². The highest BCUT2D eigenvalue weighted by atomic mass is 32.1. The second kappa shape index (κ2) is 6.60. The van der Waals surface area contributed by atoms with Gasteiger partial charge in [0.25, 0.3) is 11.8 Å². The van der Waals surface area contributed by atoms with Crippen molar-refractivity contribution in [3.05, 3.63) is 46.5 Å². The summed E-state index contributed by atoms with van der Waals surface area (Å²) in [7, 11) is 0. The highest BCUT2D eigenvalue weighted by Crippen LogP contribution is 2.23. The van der Waals surface area contributed by atoms with E-state index in [1.807, 2.05) is 6.07 Å². The average Bonchev–Trinajstić information content (AvgIpc) is 3.13. The summed E-state index contributed by atoms with van der Waals surface area (Å²) in [6, 6.07) is 8.61. The molecule has 0 radical (unpaired) electrons. The van der Waals surface area contributed by atoms with E-state index in [1.165, 1.54) is 6.20 Å². The second-order valence-corrected chi connectivity index (χ2v) is 6.13. The van der Waals surface area contributed by atoms with E-state index >= 15 is 0 Å². The Morgan fingerprint density at radius 3 is 2.50 bits per heavy atom. The summed E-state index contributed by atoms with van der Waals surface area (Å²) >= 11 is 1.09. The monoisotopic (exact) mass is 340 g/mol. The highest BCUT2D eigenvalue weighted by molar-refractivity contribution is 7.16. The summed E-state index contributed by atoms with van der Waals surface area (Å²) in [5.74, 6) is -0.922. The van der Waals surface area contributed by atoms with Gasteiger partial charge in [-0.25, -0.2) is 4.98 Å². The molecule has 0 saturated carbocycles. The van der Waals surface area contributed by atoms with E-state index in [0.29, 0.717) is 27.6 Å². The Morgan fingerprint density at radius 1 is 1.25 bits per heavy atom. The molecule has 0 saturated heterocycles. The third-order valence-electron chi connectivity index (χ3n) is 3.53. The summed E-state index contributed by atoms with van der Waals surface area (Å²) < 4.78 is 0. The molecule has 0 fully saturated rings. The van der Waals surface area contributed by atoms with Gasteiger partial charge in [-0.2, -0.15) is 5.26 Å². The molecule has 0 bridgehead atoms. The number of hydrogen-bond acceptors (Lipinski definition) is 6. The van der Waals surface area contributed by atoms with Crippen LogP contribution in [0.5, 0.6) is 0 Å². The minimum atomic E-state index is -0.324. The number of fused-ring (bicyclic) bond motifs is 1. The number of carbonyl (C=O) groups is 3. The molecular weight excluding hydrogens is 328 g/mol. The first-order valence-corrected chi connectivity index (χ1v) is 8.03. The molecule has 2 aromatic rings. The van der Waals surface area contributed by atoms with E-state index < -0.39 is 0 Å². The van der Waals surface area contributed by atoms with Crippen LogP contribution in [0.1, 0.15) is 38.4 Å². The van der Waals surface area contributed by atoms with Crippen LogP contribution in [0.4, 0.5) is 5.13 Å². The number of thiazole rings is 1. The van der Waals surface area contributed by atoms with Crippen LogP contribution in [0.15, 0.2) is 30.5 Å².